The van der Waals surface area contributed by atoms with E-state index in [1.807, 2.05) is 24.3 Å². The number of benzene rings is 1. The second-order valence-corrected chi connectivity index (χ2v) is 6.12. The smallest absolute Gasteiger partial charge is 0.322 e. The molecule has 2 amide bonds. The van der Waals surface area contributed by atoms with E-state index in [2.05, 4.69) is 5.32 Å². The Kier molecular flexibility index (Phi) is 3.76. The van der Waals surface area contributed by atoms with Gasteiger partial charge in [0.1, 0.15) is 5.67 Å². The van der Waals surface area contributed by atoms with Crippen molar-refractivity contribution >= 4 is 17.7 Å². The number of halogens is 1. The van der Waals surface area contributed by atoms with E-state index in [4.69, 9.17) is 5.11 Å². The lowest BCUT2D eigenvalue weighted by Crippen LogP contribution is -2.45. The van der Waals surface area contributed by atoms with Crippen LogP contribution >= 0.6 is 0 Å². The Hall–Kier alpha value is -2.11. The number of urea groups is 1. The predicted molar refractivity (Wildman–Crippen MR) is 79.7 cm³/mol. The lowest BCUT2D eigenvalue weighted by Gasteiger charge is -2.23. The monoisotopic (exact) mass is 306 g/mol. The summed E-state index contributed by atoms with van der Waals surface area (Å²) in [7, 11) is 0. The maximum absolute atomic E-state index is 14.6. The van der Waals surface area contributed by atoms with Gasteiger partial charge in [-0.3, -0.25) is 9.69 Å². The van der Waals surface area contributed by atoms with Crippen molar-refractivity contribution in [3.63, 3.8) is 0 Å². The van der Waals surface area contributed by atoms with Crippen molar-refractivity contribution in [3.8, 4) is 0 Å². The maximum Gasteiger partial charge on any atom is 0.322 e. The largest absolute Gasteiger partial charge is 0.481 e. The van der Waals surface area contributed by atoms with E-state index in [0.29, 0.717) is 13.0 Å². The van der Waals surface area contributed by atoms with Gasteiger partial charge >= 0.3 is 12.0 Å². The van der Waals surface area contributed by atoms with E-state index in [-0.39, 0.29) is 25.4 Å². The van der Waals surface area contributed by atoms with Gasteiger partial charge in [-0.15, -0.1) is 0 Å². The summed E-state index contributed by atoms with van der Waals surface area (Å²) in [6.07, 6.45) is 1.28. The molecule has 2 atom stereocenters. The van der Waals surface area contributed by atoms with Gasteiger partial charge in [-0.05, 0) is 37.3 Å². The van der Waals surface area contributed by atoms with Gasteiger partial charge < -0.3 is 10.4 Å². The zero-order chi connectivity index (χ0) is 15.7. The summed E-state index contributed by atoms with van der Waals surface area (Å²) in [5, 5.41) is 11.6. The quantitative estimate of drug-likeness (QED) is 0.900. The molecule has 22 heavy (non-hydrogen) atoms. The molecule has 1 aromatic carbocycles. The van der Waals surface area contributed by atoms with Gasteiger partial charge in [0, 0.05) is 12.2 Å². The highest BCUT2D eigenvalue weighted by molar-refractivity contribution is 5.94. The zero-order valence-electron chi connectivity index (χ0n) is 12.2. The van der Waals surface area contributed by atoms with Gasteiger partial charge in [-0.25, -0.2) is 9.18 Å². The van der Waals surface area contributed by atoms with Crippen molar-refractivity contribution in [1.29, 1.82) is 0 Å². The molecule has 1 aliphatic heterocycles. The Labute approximate surface area is 128 Å². The number of rotatable bonds is 3. The fourth-order valence-electron chi connectivity index (χ4n) is 3.33. The SMILES string of the molecule is O=C(O)[C@@H]1CC[C@](F)(CNC(=O)N2CCc3ccccc32)C1. The fourth-order valence-corrected chi connectivity index (χ4v) is 3.33. The zero-order valence-corrected chi connectivity index (χ0v) is 12.2. The molecule has 0 radical (unpaired) electrons. The molecule has 0 spiro atoms. The van der Waals surface area contributed by atoms with Crippen molar-refractivity contribution in [2.75, 3.05) is 18.0 Å². The minimum absolute atomic E-state index is 0.0286. The summed E-state index contributed by atoms with van der Waals surface area (Å²) < 4.78 is 14.6. The molecule has 5 nitrogen and oxygen atoms in total. The number of nitrogens with zero attached hydrogens (tertiary/aromatic N) is 1. The van der Waals surface area contributed by atoms with Crippen LogP contribution in [0.15, 0.2) is 24.3 Å². The highest BCUT2D eigenvalue weighted by Crippen LogP contribution is 2.37. The van der Waals surface area contributed by atoms with Crippen molar-refractivity contribution < 1.29 is 19.1 Å². The average molecular weight is 306 g/mol. The van der Waals surface area contributed by atoms with Crippen LogP contribution in [0.1, 0.15) is 24.8 Å². The molecule has 1 saturated carbocycles. The van der Waals surface area contributed by atoms with Crippen LogP contribution in [-0.2, 0) is 11.2 Å². The van der Waals surface area contributed by atoms with E-state index >= 15 is 0 Å². The van der Waals surface area contributed by atoms with Crippen LogP contribution in [0, 0.1) is 5.92 Å². The van der Waals surface area contributed by atoms with E-state index in [9.17, 15) is 14.0 Å². The van der Waals surface area contributed by atoms with Gasteiger partial charge in [0.25, 0.3) is 0 Å². The number of fused-ring (bicyclic) bond motifs is 1. The summed E-state index contributed by atoms with van der Waals surface area (Å²) >= 11 is 0. The van der Waals surface area contributed by atoms with E-state index in [0.717, 1.165) is 17.7 Å². The Morgan fingerprint density at radius 2 is 2.18 bits per heavy atom. The molecule has 1 heterocycles. The Balaban J connectivity index is 1.59. The summed E-state index contributed by atoms with van der Waals surface area (Å²) in [4.78, 5) is 24.8. The summed E-state index contributed by atoms with van der Waals surface area (Å²) in [5.41, 5.74) is 0.361. The third kappa shape index (κ3) is 2.77. The molecule has 0 unspecified atom stereocenters. The van der Waals surface area contributed by atoms with Gasteiger partial charge in [0.2, 0.25) is 0 Å². The number of para-hydroxylation sites is 1. The molecule has 0 bridgehead atoms. The Bertz CT molecular complexity index is 607. The molecule has 1 aromatic rings. The molecule has 118 valence electrons. The first-order valence-electron chi connectivity index (χ1n) is 7.53. The summed E-state index contributed by atoms with van der Waals surface area (Å²) in [6, 6.07) is 7.34. The van der Waals surface area contributed by atoms with Crippen molar-refractivity contribution in [1.82, 2.24) is 5.32 Å². The van der Waals surface area contributed by atoms with Crippen molar-refractivity contribution in [3.05, 3.63) is 29.8 Å². The topological polar surface area (TPSA) is 69.6 Å². The minimum Gasteiger partial charge on any atom is -0.481 e. The highest BCUT2D eigenvalue weighted by Gasteiger charge is 2.42. The third-order valence-electron chi connectivity index (χ3n) is 4.59. The molecule has 0 saturated heterocycles. The molecule has 2 N–H and O–H groups in total. The second-order valence-electron chi connectivity index (χ2n) is 6.12. The number of alkyl halides is 1. The van der Waals surface area contributed by atoms with Crippen LogP contribution in [0.25, 0.3) is 0 Å². The number of carboxylic acid groups (broad SMARTS) is 1. The van der Waals surface area contributed by atoms with Gasteiger partial charge in [-0.1, -0.05) is 18.2 Å². The lowest BCUT2D eigenvalue weighted by molar-refractivity contribution is -0.141. The van der Waals surface area contributed by atoms with Gasteiger partial charge in [0.05, 0.1) is 12.5 Å². The molecule has 0 aromatic heterocycles. The van der Waals surface area contributed by atoms with Crippen LogP contribution in [0.3, 0.4) is 0 Å². The van der Waals surface area contributed by atoms with Gasteiger partial charge in [0.15, 0.2) is 0 Å². The van der Waals surface area contributed by atoms with Gasteiger partial charge in [-0.2, -0.15) is 0 Å². The number of carbonyl (C=O) groups excluding carboxylic acids is 1. The first kappa shape index (κ1) is 14.8. The number of carbonyl (C=O) groups is 2. The molecular formula is C16H19FN2O3. The number of hydrogen-bond donors (Lipinski definition) is 2. The summed E-state index contributed by atoms with van der Waals surface area (Å²) in [6.45, 7) is 0.455. The van der Waals surface area contributed by atoms with Crippen molar-refractivity contribution in [2.24, 2.45) is 5.92 Å². The number of nitrogens with one attached hydrogen (secondary N) is 1. The number of hydrogen-bond acceptors (Lipinski definition) is 2. The normalized spacial score (nSPS) is 26.8. The predicted octanol–water partition coefficient (Wildman–Crippen LogP) is 2.35. The van der Waals surface area contributed by atoms with Crippen LogP contribution in [-0.4, -0.2) is 35.9 Å². The molecule has 3 rings (SSSR count). The first-order valence-corrected chi connectivity index (χ1v) is 7.53. The number of carboxylic acids is 1. The van der Waals surface area contributed by atoms with E-state index < -0.39 is 17.6 Å². The standard InChI is InChI=1S/C16H19FN2O3/c17-16(7-5-12(9-16)14(20)21)10-18-15(22)19-8-6-11-3-1-2-4-13(11)19/h1-4,12H,5-10H2,(H,18,22)(H,20,21)/t12-,16-/m1/s1. The number of aliphatic carboxylic acids is 1. The fraction of sp³-hybridized carbons (Fsp3) is 0.500. The number of anilines is 1. The van der Waals surface area contributed by atoms with E-state index in [1.54, 1.807) is 4.90 Å². The molecule has 1 fully saturated rings. The van der Waals surface area contributed by atoms with Crippen LogP contribution in [0.4, 0.5) is 14.9 Å². The number of amides is 2. The summed E-state index contributed by atoms with van der Waals surface area (Å²) in [5.74, 6) is -1.60. The molecule has 6 heteroatoms. The highest BCUT2D eigenvalue weighted by atomic mass is 19.1. The molecule has 2 aliphatic rings. The third-order valence-corrected chi connectivity index (χ3v) is 4.59. The van der Waals surface area contributed by atoms with Crippen LogP contribution in [0.2, 0.25) is 0 Å². The first-order chi connectivity index (χ1) is 10.5. The lowest BCUT2D eigenvalue weighted by atomic mass is 10.0. The molecule has 1 aliphatic carbocycles. The maximum atomic E-state index is 14.6. The second kappa shape index (κ2) is 5.59. The van der Waals surface area contributed by atoms with Crippen LogP contribution in [0.5, 0.6) is 0 Å². The van der Waals surface area contributed by atoms with E-state index in [1.165, 1.54) is 0 Å². The Morgan fingerprint density at radius 3 is 2.91 bits per heavy atom. The average Bonchev–Trinajstić information content (AvgIpc) is 3.09. The minimum atomic E-state index is -1.61. The Morgan fingerprint density at radius 1 is 1.41 bits per heavy atom. The molecular weight excluding hydrogens is 287 g/mol. The van der Waals surface area contributed by atoms with Crippen LogP contribution < -0.4 is 10.2 Å². The van der Waals surface area contributed by atoms with Crippen molar-refractivity contribution in [2.45, 2.75) is 31.4 Å².